The minimum absolute atomic E-state index is 0.332. The highest BCUT2D eigenvalue weighted by Crippen LogP contribution is 2.22. The molecule has 1 aliphatic rings. The van der Waals surface area contributed by atoms with Crippen LogP contribution in [0.3, 0.4) is 0 Å². The van der Waals surface area contributed by atoms with Crippen molar-refractivity contribution in [3.63, 3.8) is 0 Å². The minimum Gasteiger partial charge on any atom is -0.399 e. The van der Waals surface area contributed by atoms with Crippen molar-refractivity contribution in [1.29, 1.82) is 0 Å². The molecule has 3 heteroatoms. The Morgan fingerprint density at radius 1 is 1.17 bits per heavy atom. The summed E-state index contributed by atoms with van der Waals surface area (Å²) in [4.78, 5) is 2.43. The number of benzene rings is 1. The predicted molar refractivity (Wildman–Crippen MR) is 76.9 cm³/mol. The van der Waals surface area contributed by atoms with Gasteiger partial charge in [0.2, 0.25) is 0 Å². The molecule has 0 aromatic heterocycles. The van der Waals surface area contributed by atoms with Gasteiger partial charge >= 0.3 is 0 Å². The van der Waals surface area contributed by atoms with Gasteiger partial charge in [-0.25, -0.2) is 0 Å². The van der Waals surface area contributed by atoms with Crippen LogP contribution < -0.4 is 10.6 Å². The highest BCUT2D eigenvalue weighted by atomic mass is 16.5. The predicted octanol–water partition coefficient (Wildman–Crippen LogP) is 3.05. The fraction of sp³-hybridized carbons (Fsp3) is 0.600. The standard InChI is InChI=1S/C15H24N2O/c1-12(2)18-15-4-3-10-17(11-9-15)14-7-5-13(16)6-8-14/h5-8,12,15H,3-4,9-11,16H2,1-2H3. The monoisotopic (exact) mass is 248 g/mol. The van der Waals surface area contributed by atoms with Crippen LogP contribution in [-0.4, -0.2) is 25.3 Å². The summed E-state index contributed by atoms with van der Waals surface area (Å²) in [5, 5.41) is 0. The number of hydrogen-bond acceptors (Lipinski definition) is 3. The van der Waals surface area contributed by atoms with E-state index < -0.39 is 0 Å². The van der Waals surface area contributed by atoms with E-state index in [4.69, 9.17) is 10.5 Å². The Bertz CT molecular complexity index is 361. The third-order valence-electron chi connectivity index (χ3n) is 3.40. The van der Waals surface area contributed by atoms with Crippen molar-refractivity contribution in [3.8, 4) is 0 Å². The Balaban J connectivity index is 1.94. The Labute approximate surface area is 110 Å². The van der Waals surface area contributed by atoms with Crippen molar-refractivity contribution in [2.45, 2.75) is 45.3 Å². The van der Waals surface area contributed by atoms with Gasteiger partial charge in [-0.1, -0.05) is 0 Å². The fourth-order valence-electron chi connectivity index (χ4n) is 2.53. The molecule has 1 fully saturated rings. The molecule has 0 amide bonds. The van der Waals surface area contributed by atoms with Crippen LogP contribution in [0.5, 0.6) is 0 Å². The summed E-state index contributed by atoms with van der Waals surface area (Å²) in [6.07, 6.45) is 4.23. The third-order valence-corrected chi connectivity index (χ3v) is 3.40. The van der Waals surface area contributed by atoms with Crippen LogP contribution in [0.15, 0.2) is 24.3 Å². The average molecular weight is 248 g/mol. The van der Waals surface area contributed by atoms with Gasteiger partial charge in [-0.2, -0.15) is 0 Å². The Morgan fingerprint density at radius 3 is 2.56 bits per heavy atom. The van der Waals surface area contributed by atoms with Gasteiger partial charge in [0, 0.05) is 24.5 Å². The summed E-state index contributed by atoms with van der Waals surface area (Å²) >= 11 is 0. The lowest BCUT2D eigenvalue weighted by Crippen LogP contribution is -2.25. The fourth-order valence-corrected chi connectivity index (χ4v) is 2.53. The Hall–Kier alpha value is -1.22. The van der Waals surface area contributed by atoms with E-state index in [1.54, 1.807) is 0 Å². The molecule has 1 aromatic carbocycles. The van der Waals surface area contributed by atoms with Crippen LogP contribution >= 0.6 is 0 Å². The highest BCUT2D eigenvalue weighted by molar-refractivity contribution is 5.53. The smallest absolute Gasteiger partial charge is 0.0596 e. The van der Waals surface area contributed by atoms with E-state index in [-0.39, 0.29) is 0 Å². The number of hydrogen-bond donors (Lipinski definition) is 1. The zero-order chi connectivity index (χ0) is 13.0. The minimum atomic E-state index is 0.332. The number of ether oxygens (including phenoxy) is 1. The first-order chi connectivity index (χ1) is 8.65. The normalized spacial score (nSPS) is 21.1. The maximum atomic E-state index is 5.93. The van der Waals surface area contributed by atoms with Crippen LogP contribution in [0.1, 0.15) is 33.1 Å². The first-order valence-corrected chi connectivity index (χ1v) is 6.91. The van der Waals surface area contributed by atoms with Crippen molar-refractivity contribution in [3.05, 3.63) is 24.3 Å². The number of nitrogens with two attached hydrogens (primary N) is 1. The molecule has 1 heterocycles. The van der Waals surface area contributed by atoms with E-state index in [0.29, 0.717) is 12.2 Å². The molecule has 0 aliphatic carbocycles. The van der Waals surface area contributed by atoms with Gasteiger partial charge in [0.15, 0.2) is 0 Å². The molecule has 3 nitrogen and oxygen atoms in total. The molecule has 0 spiro atoms. The third kappa shape index (κ3) is 3.64. The van der Waals surface area contributed by atoms with Crippen LogP contribution in [0.4, 0.5) is 11.4 Å². The Morgan fingerprint density at radius 2 is 1.89 bits per heavy atom. The van der Waals surface area contributed by atoms with Gasteiger partial charge in [0.05, 0.1) is 12.2 Å². The first-order valence-electron chi connectivity index (χ1n) is 6.91. The second-order valence-electron chi connectivity index (χ2n) is 5.32. The molecule has 0 bridgehead atoms. The van der Waals surface area contributed by atoms with Gasteiger partial charge in [-0.15, -0.1) is 0 Å². The maximum Gasteiger partial charge on any atom is 0.0596 e. The van der Waals surface area contributed by atoms with E-state index in [1.807, 2.05) is 12.1 Å². The lowest BCUT2D eigenvalue weighted by Gasteiger charge is -2.23. The van der Waals surface area contributed by atoms with Crippen LogP contribution in [0, 0.1) is 0 Å². The topological polar surface area (TPSA) is 38.5 Å². The SMILES string of the molecule is CC(C)OC1CCCN(c2ccc(N)cc2)CC1. The molecular weight excluding hydrogens is 224 g/mol. The van der Waals surface area contributed by atoms with E-state index >= 15 is 0 Å². The largest absolute Gasteiger partial charge is 0.399 e. The summed E-state index contributed by atoms with van der Waals surface area (Å²) in [7, 11) is 0. The van der Waals surface area contributed by atoms with E-state index in [0.717, 1.165) is 25.2 Å². The maximum absolute atomic E-state index is 5.93. The molecule has 0 radical (unpaired) electrons. The molecule has 2 rings (SSSR count). The molecule has 2 N–H and O–H groups in total. The average Bonchev–Trinajstić information content (AvgIpc) is 2.55. The lowest BCUT2D eigenvalue weighted by atomic mass is 10.1. The summed E-state index contributed by atoms with van der Waals surface area (Å²) < 4.78 is 5.93. The zero-order valence-electron chi connectivity index (χ0n) is 11.4. The molecule has 100 valence electrons. The van der Waals surface area contributed by atoms with Gasteiger partial charge < -0.3 is 15.4 Å². The van der Waals surface area contributed by atoms with E-state index in [2.05, 4.69) is 30.9 Å². The zero-order valence-corrected chi connectivity index (χ0v) is 11.4. The van der Waals surface area contributed by atoms with Gasteiger partial charge in [-0.05, 0) is 57.4 Å². The summed E-state index contributed by atoms with van der Waals surface area (Å²) in [5.74, 6) is 0. The molecule has 1 aromatic rings. The number of rotatable bonds is 3. The van der Waals surface area contributed by atoms with Crippen LogP contribution in [0.25, 0.3) is 0 Å². The molecule has 1 atom stereocenters. The summed E-state index contributed by atoms with van der Waals surface area (Å²) in [6, 6.07) is 8.17. The first kappa shape index (κ1) is 13.2. The van der Waals surface area contributed by atoms with Crippen molar-refractivity contribution < 1.29 is 4.74 Å². The number of anilines is 2. The van der Waals surface area contributed by atoms with Gasteiger partial charge in [0.25, 0.3) is 0 Å². The van der Waals surface area contributed by atoms with E-state index in [9.17, 15) is 0 Å². The molecule has 1 saturated heterocycles. The van der Waals surface area contributed by atoms with Crippen molar-refractivity contribution >= 4 is 11.4 Å². The van der Waals surface area contributed by atoms with Gasteiger partial charge in [-0.3, -0.25) is 0 Å². The Kier molecular flexibility index (Phi) is 4.48. The van der Waals surface area contributed by atoms with Crippen molar-refractivity contribution in [1.82, 2.24) is 0 Å². The van der Waals surface area contributed by atoms with Crippen LogP contribution in [0.2, 0.25) is 0 Å². The van der Waals surface area contributed by atoms with Crippen molar-refractivity contribution in [2.24, 2.45) is 0 Å². The second kappa shape index (κ2) is 6.10. The lowest BCUT2D eigenvalue weighted by molar-refractivity contribution is 0.00203. The second-order valence-corrected chi connectivity index (χ2v) is 5.32. The van der Waals surface area contributed by atoms with Gasteiger partial charge in [0.1, 0.15) is 0 Å². The van der Waals surface area contributed by atoms with E-state index in [1.165, 1.54) is 18.5 Å². The summed E-state index contributed by atoms with van der Waals surface area (Å²) in [5.41, 5.74) is 7.83. The molecule has 0 saturated carbocycles. The molecule has 1 aliphatic heterocycles. The molecule has 1 unspecified atom stereocenters. The molecule has 18 heavy (non-hydrogen) atoms. The number of nitrogens with zero attached hydrogens (tertiary/aromatic N) is 1. The highest BCUT2D eigenvalue weighted by Gasteiger charge is 2.18. The summed E-state index contributed by atoms with van der Waals surface area (Å²) in [6.45, 7) is 6.41. The van der Waals surface area contributed by atoms with Crippen LogP contribution in [-0.2, 0) is 4.74 Å². The number of nitrogen functional groups attached to an aromatic ring is 1. The van der Waals surface area contributed by atoms with Crippen molar-refractivity contribution in [2.75, 3.05) is 23.7 Å². The molecular formula is C15H24N2O. The quantitative estimate of drug-likeness (QED) is 0.836.